The smallest absolute Gasteiger partial charge is 0.253 e. The van der Waals surface area contributed by atoms with Crippen molar-refractivity contribution in [1.82, 2.24) is 4.57 Å². The van der Waals surface area contributed by atoms with E-state index in [0.29, 0.717) is 11.1 Å². The summed E-state index contributed by atoms with van der Waals surface area (Å²) >= 11 is 1.79. The highest BCUT2D eigenvalue weighted by atomic mass is 32.2. The van der Waals surface area contributed by atoms with Crippen molar-refractivity contribution in [3.8, 4) is 62.7 Å². The van der Waals surface area contributed by atoms with E-state index in [4.69, 9.17) is 4.74 Å². The van der Waals surface area contributed by atoms with Crippen LogP contribution in [0.5, 0.6) is 11.5 Å². The lowest BCUT2D eigenvalue weighted by atomic mass is 9.35. The molecule has 0 saturated carbocycles. The fourth-order valence-corrected chi connectivity index (χ4v) is 13.8. The molecule has 0 N–H and O–H groups in total. The van der Waals surface area contributed by atoms with Crippen LogP contribution in [-0.4, -0.2) is 11.3 Å². The summed E-state index contributed by atoms with van der Waals surface area (Å²) in [4.78, 5) is 4.57. The van der Waals surface area contributed by atoms with Crippen molar-refractivity contribution in [3.63, 3.8) is 0 Å². The minimum Gasteiger partial charge on any atom is -0.458 e. The van der Waals surface area contributed by atoms with Crippen LogP contribution in [0.15, 0.2) is 210 Å². The lowest BCUT2D eigenvalue weighted by Gasteiger charge is -2.34. The molecule has 1 aromatic heterocycles. The third-order valence-electron chi connectivity index (χ3n) is 17.4. The number of ether oxygens (including phenoxy) is 1. The summed E-state index contributed by atoms with van der Waals surface area (Å²) in [6, 6.07) is 77.2. The summed E-state index contributed by atoms with van der Waals surface area (Å²) < 4.78 is 9.70. The van der Waals surface area contributed by atoms with E-state index < -0.39 is 0 Å². The molecule has 0 amide bonds. The van der Waals surface area contributed by atoms with Gasteiger partial charge in [-0.05, 0) is 186 Å². The molecule has 10 aromatic carbocycles. The molecule has 0 aliphatic carbocycles. The second kappa shape index (κ2) is 20.4. The molecule has 7 heteroatoms. The van der Waals surface area contributed by atoms with Gasteiger partial charge >= 0.3 is 0 Å². The Morgan fingerprint density at radius 2 is 0.976 bits per heavy atom. The minimum absolute atomic E-state index is 0.0259. The van der Waals surface area contributed by atoms with E-state index in [0.717, 1.165) is 99.4 Å². The van der Waals surface area contributed by atoms with E-state index in [2.05, 4.69) is 275 Å². The van der Waals surface area contributed by atoms with E-state index in [1.807, 2.05) is 30.3 Å². The SMILES string of the molecule is CC(C)(C)c1cc(-c2cc3c4c(c2)Sc2cc(-c5cc(C#N)ccc5N(c5ccccc5)c5ccccc5)ccc2B4c2ccc(-c4cc(-n5c6ccc(C(C)(C)C)cc6c6cc(C(C)(C)C)ccc65)ccc4C#N)cc2O3)cc(C(C)(C)C)c1. The van der Waals surface area contributed by atoms with Gasteiger partial charge in [-0.15, -0.1) is 0 Å². The number of hydrogen-bond donors (Lipinski definition) is 0. The van der Waals surface area contributed by atoms with Crippen LogP contribution in [0.25, 0.3) is 60.9 Å². The van der Waals surface area contributed by atoms with Gasteiger partial charge in [-0.2, -0.15) is 10.5 Å². The third-order valence-corrected chi connectivity index (χ3v) is 18.5. The van der Waals surface area contributed by atoms with Gasteiger partial charge in [-0.1, -0.05) is 191 Å². The molecule has 2 aliphatic heterocycles. The number of anilines is 3. The first-order valence-electron chi connectivity index (χ1n) is 29.6. The van der Waals surface area contributed by atoms with Crippen LogP contribution < -0.4 is 26.0 Å². The number of benzene rings is 10. The fourth-order valence-electron chi connectivity index (χ4n) is 12.5. The Morgan fingerprint density at radius 3 is 1.54 bits per heavy atom. The van der Waals surface area contributed by atoms with Crippen LogP contribution in [0, 0.1) is 22.7 Å². The molecule has 3 heterocycles. The predicted octanol–water partition coefficient (Wildman–Crippen LogP) is 19.3. The van der Waals surface area contributed by atoms with Crippen LogP contribution in [-0.2, 0) is 21.7 Å². The molecule has 416 valence electrons. The molecule has 0 radical (unpaired) electrons. The molecular formula is C78H69BN4OS. The topological polar surface area (TPSA) is 65.0 Å². The van der Waals surface area contributed by atoms with E-state index in [-0.39, 0.29) is 28.4 Å². The molecule has 0 saturated heterocycles. The summed E-state index contributed by atoms with van der Waals surface area (Å²) in [5, 5.41) is 23.8. The molecule has 2 aliphatic rings. The van der Waals surface area contributed by atoms with Crippen molar-refractivity contribution >= 4 is 73.7 Å². The third kappa shape index (κ3) is 9.89. The average Bonchev–Trinajstić information content (AvgIpc) is 2.15. The van der Waals surface area contributed by atoms with Crippen molar-refractivity contribution in [2.75, 3.05) is 4.90 Å². The van der Waals surface area contributed by atoms with Gasteiger partial charge in [-0.3, -0.25) is 0 Å². The second-order valence-electron chi connectivity index (χ2n) is 27.3. The van der Waals surface area contributed by atoms with Crippen molar-refractivity contribution in [2.24, 2.45) is 0 Å². The highest BCUT2D eigenvalue weighted by Crippen LogP contribution is 2.47. The summed E-state index contributed by atoms with van der Waals surface area (Å²) in [7, 11) is 0. The van der Waals surface area contributed by atoms with Gasteiger partial charge in [0.05, 0.1) is 40.0 Å². The van der Waals surface area contributed by atoms with Crippen LogP contribution >= 0.6 is 11.8 Å². The van der Waals surface area contributed by atoms with Crippen molar-refractivity contribution in [1.29, 1.82) is 10.5 Å². The van der Waals surface area contributed by atoms with E-state index >= 15 is 0 Å². The van der Waals surface area contributed by atoms with E-state index in [9.17, 15) is 10.5 Å². The van der Waals surface area contributed by atoms with Crippen molar-refractivity contribution in [2.45, 2.75) is 115 Å². The Hall–Kier alpha value is -9.01. The Morgan fingerprint density at radius 1 is 0.435 bits per heavy atom. The largest absolute Gasteiger partial charge is 0.458 e. The Balaban J connectivity index is 0.993. The first-order valence-corrected chi connectivity index (χ1v) is 30.4. The standard InChI is InChI=1S/C78H69BN4OS/c1-75(2,3)54-27-33-68-63(43-54)64-44-55(76(4,5)6)28-34-69(64)83(68)60-29-24-51(47-81)61(45-60)49-25-30-65-70(38-49)84-71-39-53(52-36-56(77(7,8)9)42-57(37-52)78(10,11)12)41-73-74(71)79(65)66-31-26-50(40-72(66)85-73)62-35-48(46-80)23-32-67(62)82(58-19-15-13-16-20-58)59-21-17-14-18-22-59/h13-45H,1-12H3. The first kappa shape index (κ1) is 55.2. The molecule has 85 heavy (non-hydrogen) atoms. The summed E-state index contributed by atoms with van der Waals surface area (Å²) in [6.45, 7) is 27.2. The zero-order chi connectivity index (χ0) is 59.5. The van der Waals surface area contributed by atoms with Crippen molar-refractivity contribution in [3.05, 3.63) is 234 Å². The molecule has 0 fully saturated rings. The summed E-state index contributed by atoms with van der Waals surface area (Å²) in [5.41, 5.74) is 21.8. The second-order valence-corrected chi connectivity index (χ2v) is 28.4. The van der Waals surface area contributed by atoms with Crippen LogP contribution in [0.2, 0.25) is 0 Å². The predicted molar refractivity (Wildman–Crippen MR) is 358 cm³/mol. The lowest BCUT2D eigenvalue weighted by Crippen LogP contribution is -2.57. The van der Waals surface area contributed by atoms with Crippen molar-refractivity contribution < 1.29 is 4.74 Å². The fraction of sp³-hybridized carbons (Fsp3) is 0.205. The molecule has 0 bridgehead atoms. The highest BCUT2D eigenvalue weighted by molar-refractivity contribution is 8.00. The Labute approximate surface area is 506 Å². The number of para-hydroxylation sites is 2. The molecule has 11 aromatic rings. The lowest BCUT2D eigenvalue weighted by molar-refractivity contribution is 0.486. The molecule has 0 unspecified atom stereocenters. The maximum atomic E-state index is 10.9. The van der Waals surface area contributed by atoms with E-state index in [1.54, 1.807) is 11.8 Å². The number of nitrogens with zero attached hydrogens (tertiary/aromatic N) is 4. The van der Waals surface area contributed by atoms with Gasteiger partial charge in [0.15, 0.2) is 0 Å². The molecule has 13 rings (SSSR count). The van der Waals surface area contributed by atoms with Crippen LogP contribution in [0.3, 0.4) is 0 Å². The number of fused-ring (bicyclic) bond motifs is 7. The zero-order valence-corrected chi connectivity index (χ0v) is 51.6. The maximum absolute atomic E-state index is 10.9. The number of rotatable bonds is 7. The number of hydrogen-bond acceptors (Lipinski definition) is 5. The number of nitriles is 2. The van der Waals surface area contributed by atoms with Gasteiger partial charge in [0, 0.05) is 48.8 Å². The normalized spacial score (nSPS) is 12.9. The number of aromatic nitrogens is 1. The quantitative estimate of drug-likeness (QED) is 0.149. The molecule has 0 atom stereocenters. The monoisotopic (exact) mass is 1120 g/mol. The summed E-state index contributed by atoms with van der Waals surface area (Å²) in [6.07, 6.45) is 0. The van der Waals surface area contributed by atoms with E-state index in [1.165, 1.54) is 38.5 Å². The molecular weight excluding hydrogens is 1050 g/mol. The van der Waals surface area contributed by atoms with Crippen LogP contribution in [0.1, 0.15) is 116 Å². The summed E-state index contributed by atoms with van der Waals surface area (Å²) in [5.74, 6) is 1.59. The maximum Gasteiger partial charge on any atom is 0.253 e. The Bertz CT molecular complexity index is 4470. The van der Waals surface area contributed by atoms with Gasteiger partial charge in [0.2, 0.25) is 0 Å². The van der Waals surface area contributed by atoms with Crippen LogP contribution in [0.4, 0.5) is 17.1 Å². The van der Waals surface area contributed by atoms with Gasteiger partial charge in [0.1, 0.15) is 11.5 Å². The van der Waals surface area contributed by atoms with Gasteiger partial charge in [0.25, 0.3) is 6.71 Å². The molecule has 0 spiro atoms. The van der Waals surface area contributed by atoms with Gasteiger partial charge < -0.3 is 14.2 Å². The zero-order valence-electron chi connectivity index (χ0n) is 50.7. The Kier molecular flexibility index (Phi) is 13.2. The minimum atomic E-state index is -0.154. The van der Waals surface area contributed by atoms with Gasteiger partial charge in [-0.25, -0.2) is 0 Å². The molecule has 5 nitrogen and oxygen atoms in total. The average molecular weight is 1120 g/mol. The first-order chi connectivity index (χ1) is 40.5. The highest BCUT2D eigenvalue weighted by Gasteiger charge is 2.40.